The molecule has 1 aromatic heterocycles. The molecule has 0 unspecified atom stereocenters. The van der Waals surface area contributed by atoms with Crippen LogP contribution in [0.25, 0.3) is 11.4 Å². The second-order valence-electron chi connectivity index (χ2n) is 3.53. The number of guanidine groups is 1. The summed E-state index contributed by atoms with van der Waals surface area (Å²) in [4.78, 5) is 8.05. The first kappa shape index (κ1) is 13.0. The lowest BCUT2D eigenvalue weighted by molar-refractivity contribution is 0.436. The van der Waals surface area contributed by atoms with Crippen molar-refractivity contribution in [3.8, 4) is 17.6 Å². The number of aromatic nitrogens is 2. The van der Waals surface area contributed by atoms with Gasteiger partial charge in [0.05, 0.1) is 5.69 Å². The Kier molecular flexibility index (Phi) is 3.89. The highest BCUT2D eigenvalue weighted by Crippen LogP contribution is 2.22. The summed E-state index contributed by atoms with van der Waals surface area (Å²) in [6, 6.07) is 7.06. The Morgan fingerprint density at radius 2 is 2.40 bits per heavy atom. The molecule has 9 heteroatoms. The Bertz CT molecular complexity index is 684. The van der Waals surface area contributed by atoms with Gasteiger partial charge in [-0.05, 0) is 12.1 Å². The average molecular weight is 270 g/mol. The maximum absolute atomic E-state index is 8.33. The Labute approximate surface area is 113 Å². The van der Waals surface area contributed by atoms with E-state index in [1.54, 1.807) is 30.5 Å². The summed E-state index contributed by atoms with van der Waals surface area (Å²) in [6.45, 7) is 0. The second-order valence-corrected chi connectivity index (χ2v) is 3.53. The lowest BCUT2D eigenvalue weighted by atomic mass is 10.2. The van der Waals surface area contributed by atoms with E-state index in [0.29, 0.717) is 17.1 Å². The minimum absolute atomic E-state index is 0.0348. The molecule has 9 nitrogen and oxygen atoms in total. The van der Waals surface area contributed by atoms with Gasteiger partial charge in [-0.25, -0.2) is 4.99 Å². The SMILES string of the molecule is N#CN/C=N/c1cccc(-c2noc(NC(=N)N)n2)c1. The number of hydrogen-bond donors (Lipinski definition) is 4. The molecule has 20 heavy (non-hydrogen) atoms. The van der Waals surface area contributed by atoms with Gasteiger partial charge in [-0.15, -0.1) is 0 Å². The Morgan fingerprint density at radius 1 is 1.55 bits per heavy atom. The van der Waals surface area contributed by atoms with Crippen molar-refractivity contribution in [2.45, 2.75) is 0 Å². The van der Waals surface area contributed by atoms with Gasteiger partial charge in [0.1, 0.15) is 6.34 Å². The first-order valence-electron chi connectivity index (χ1n) is 5.41. The predicted octanol–water partition coefficient (Wildman–Crippen LogP) is 0.772. The number of benzene rings is 1. The summed E-state index contributed by atoms with van der Waals surface area (Å²) in [6.07, 6.45) is 3.00. The van der Waals surface area contributed by atoms with Crippen molar-refractivity contribution < 1.29 is 4.52 Å². The van der Waals surface area contributed by atoms with E-state index in [4.69, 9.17) is 20.9 Å². The number of nitriles is 1. The lowest BCUT2D eigenvalue weighted by Gasteiger charge is -1.96. The van der Waals surface area contributed by atoms with Crippen molar-refractivity contribution in [3.63, 3.8) is 0 Å². The maximum atomic E-state index is 8.33. The van der Waals surface area contributed by atoms with Crippen LogP contribution in [0.1, 0.15) is 0 Å². The van der Waals surface area contributed by atoms with Gasteiger partial charge in [0.15, 0.2) is 12.2 Å². The van der Waals surface area contributed by atoms with Crippen molar-refractivity contribution >= 4 is 24.0 Å². The molecule has 1 heterocycles. The predicted molar refractivity (Wildman–Crippen MR) is 72.2 cm³/mol. The normalized spacial score (nSPS) is 10.2. The molecule has 5 N–H and O–H groups in total. The summed E-state index contributed by atoms with van der Waals surface area (Å²) in [5.41, 5.74) is 6.46. The van der Waals surface area contributed by atoms with Gasteiger partial charge in [-0.3, -0.25) is 16.0 Å². The van der Waals surface area contributed by atoms with Crippen LogP contribution in [0.3, 0.4) is 0 Å². The first-order chi connectivity index (χ1) is 9.69. The standard InChI is InChI=1S/C11H10N8O/c12-5-15-6-16-8-3-1-2-7(4-8)9-17-11(20-19-9)18-10(13)14/h1-4,6H,(H,15,16)(H4,13,14,17,18,19). The third-order valence-electron chi connectivity index (χ3n) is 2.11. The van der Waals surface area contributed by atoms with Crippen molar-refractivity contribution in [2.75, 3.05) is 5.32 Å². The third kappa shape index (κ3) is 3.30. The van der Waals surface area contributed by atoms with Gasteiger partial charge in [0.2, 0.25) is 5.82 Å². The van der Waals surface area contributed by atoms with Crippen LogP contribution in [0.2, 0.25) is 0 Å². The number of nitrogens with two attached hydrogens (primary N) is 1. The highest BCUT2D eigenvalue weighted by atomic mass is 16.5. The Morgan fingerprint density at radius 3 is 3.15 bits per heavy atom. The molecule has 2 rings (SSSR count). The largest absolute Gasteiger partial charge is 0.370 e. The van der Waals surface area contributed by atoms with E-state index in [2.05, 4.69) is 25.8 Å². The first-order valence-corrected chi connectivity index (χ1v) is 5.41. The van der Waals surface area contributed by atoms with Crippen LogP contribution in [-0.2, 0) is 0 Å². The molecule has 0 aliphatic heterocycles. The highest BCUT2D eigenvalue weighted by Gasteiger charge is 2.09. The van der Waals surface area contributed by atoms with E-state index < -0.39 is 0 Å². The van der Waals surface area contributed by atoms with Gasteiger partial charge < -0.3 is 10.3 Å². The molecule has 0 bridgehead atoms. The zero-order valence-electron chi connectivity index (χ0n) is 10.2. The second kappa shape index (κ2) is 5.96. The smallest absolute Gasteiger partial charge is 0.328 e. The monoisotopic (exact) mass is 270 g/mol. The topological polar surface area (TPSA) is 149 Å². The fourth-order valence-electron chi connectivity index (χ4n) is 1.37. The van der Waals surface area contributed by atoms with Gasteiger partial charge >= 0.3 is 6.01 Å². The van der Waals surface area contributed by atoms with Gasteiger partial charge in [-0.1, -0.05) is 17.3 Å². The van der Waals surface area contributed by atoms with E-state index in [1.165, 1.54) is 6.34 Å². The average Bonchev–Trinajstić information content (AvgIpc) is 2.87. The minimum atomic E-state index is -0.291. The molecule has 0 saturated heterocycles. The van der Waals surface area contributed by atoms with Crippen LogP contribution in [0, 0.1) is 16.9 Å². The summed E-state index contributed by atoms with van der Waals surface area (Å²) in [5, 5.41) is 23.8. The van der Waals surface area contributed by atoms with Crippen LogP contribution in [-0.4, -0.2) is 22.4 Å². The number of hydrogen-bond acceptors (Lipinski definition) is 6. The van der Waals surface area contributed by atoms with Crippen LogP contribution in [0.4, 0.5) is 11.7 Å². The summed E-state index contributed by atoms with van der Waals surface area (Å²) >= 11 is 0. The van der Waals surface area contributed by atoms with E-state index >= 15 is 0 Å². The van der Waals surface area contributed by atoms with Gasteiger partial charge in [0.25, 0.3) is 0 Å². The van der Waals surface area contributed by atoms with E-state index in [-0.39, 0.29) is 12.0 Å². The molecule has 100 valence electrons. The summed E-state index contributed by atoms with van der Waals surface area (Å²) in [7, 11) is 0. The quantitative estimate of drug-likeness (QED) is 0.277. The van der Waals surface area contributed by atoms with Gasteiger partial charge in [0, 0.05) is 5.56 Å². The van der Waals surface area contributed by atoms with Crippen molar-refractivity contribution in [2.24, 2.45) is 10.7 Å². The highest BCUT2D eigenvalue weighted by molar-refractivity contribution is 5.87. The molecule has 0 atom stereocenters. The zero-order valence-corrected chi connectivity index (χ0v) is 10.2. The molecule has 0 amide bonds. The lowest BCUT2D eigenvalue weighted by Crippen LogP contribution is -2.20. The molecule has 2 aromatic rings. The molecule has 0 radical (unpaired) electrons. The molecule has 0 saturated carbocycles. The van der Waals surface area contributed by atoms with E-state index in [1.807, 2.05) is 0 Å². The molecule has 0 aliphatic rings. The molecular formula is C11H10N8O. The van der Waals surface area contributed by atoms with Crippen molar-refractivity contribution in [1.29, 1.82) is 10.7 Å². The van der Waals surface area contributed by atoms with Crippen LogP contribution in [0.15, 0.2) is 33.8 Å². The molecular weight excluding hydrogens is 260 g/mol. The summed E-state index contributed by atoms with van der Waals surface area (Å²) < 4.78 is 4.88. The van der Waals surface area contributed by atoms with Crippen molar-refractivity contribution in [3.05, 3.63) is 24.3 Å². The summed E-state index contributed by atoms with van der Waals surface area (Å²) in [5.74, 6) is 0.0418. The van der Waals surface area contributed by atoms with Gasteiger partial charge in [-0.2, -0.15) is 10.2 Å². The zero-order chi connectivity index (χ0) is 14.4. The number of rotatable bonds is 4. The number of nitrogens with one attached hydrogen (secondary N) is 3. The fourth-order valence-corrected chi connectivity index (χ4v) is 1.37. The number of aliphatic imine (C=N–C) groups is 1. The van der Waals surface area contributed by atoms with Crippen molar-refractivity contribution in [1.82, 2.24) is 15.5 Å². The van der Waals surface area contributed by atoms with Crippen LogP contribution in [0.5, 0.6) is 0 Å². The molecule has 1 aromatic carbocycles. The Balaban J connectivity index is 2.20. The minimum Gasteiger partial charge on any atom is -0.370 e. The molecule has 0 aliphatic carbocycles. The third-order valence-corrected chi connectivity index (χ3v) is 2.11. The Hall–Kier alpha value is -3.41. The van der Waals surface area contributed by atoms with Crippen LogP contribution >= 0.6 is 0 Å². The molecule has 0 spiro atoms. The number of nitrogens with zero attached hydrogens (tertiary/aromatic N) is 4. The van der Waals surface area contributed by atoms with E-state index in [0.717, 1.165) is 0 Å². The maximum Gasteiger partial charge on any atom is 0.328 e. The fraction of sp³-hybridized carbons (Fsp3) is 0. The van der Waals surface area contributed by atoms with E-state index in [9.17, 15) is 0 Å². The van der Waals surface area contributed by atoms with Crippen LogP contribution < -0.4 is 16.4 Å². The number of anilines is 1. The molecule has 0 fully saturated rings.